The molecule has 0 radical (unpaired) electrons. The van der Waals surface area contributed by atoms with E-state index in [-0.39, 0.29) is 16.1 Å². The van der Waals surface area contributed by atoms with Gasteiger partial charge in [0.05, 0.1) is 22.3 Å². The first-order chi connectivity index (χ1) is 10.0. The number of halogens is 3. The molecule has 0 saturated carbocycles. The zero-order chi connectivity index (χ0) is 15.0. The summed E-state index contributed by atoms with van der Waals surface area (Å²) in [6.45, 7) is 2.74. The SMILES string of the molecule is CC(Nc1c(Cl)cc(F)cc1Cl)c1ccc2c(c1)CCO2. The fourth-order valence-corrected chi connectivity index (χ4v) is 3.03. The van der Waals surface area contributed by atoms with Gasteiger partial charge in [-0.1, -0.05) is 29.3 Å². The predicted molar refractivity (Wildman–Crippen MR) is 84.1 cm³/mol. The summed E-state index contributed by atoms with van der Waals surface area (Å²) < 4.78 is 18.7. The van der Waals surface area contributed by atoms with Gasteiger partial charge in [0, 0.05) is 12.5 Å². The summed E-state index contributed by atoms with van der Waals surface area (Å²) in [4.78, 5) is 0. The van der Waals surface area contributed by atoms with Gasteiger partial charge in [0.1, 0.15) is 11.6 Å². The molecule has 0 saturated heterocycles. The summed E-state index contributed by atoms with van der Waals surface area (Å²) in [5.74, 6) is 0.502. The van der Waals surface area contributed by atoms with Crippen molar-refractivity contribution in [3.63, 3.8) is 0 Å². The molecular formula is C16H14Cl2FNO. The third kappa shape index (κ3) is 2.94. The molecule has 0 spiro atoms. The normalized spacial score (nSPS) is 14.5. The van der Waals surface area contributed by atoms with Crippen LogP contribution in [-0.4, -0.2) is 6.61 Å². The van der Waals surface area contributed by atoms with E-state index in [0.717, 1.165) is 24.3 Å². The summed E-state index contributed by atoms with van der Waals surface area (Å²) in [5.41, 5.74) is 2.86. The van der Waals surface area contributed by atoms with Crippen LogP contribution in [0.5, 0.6) is 5.75 Å². The Hall–Kier alpha value is -1.45. The molecular weight excluding hydrogens is 312 g/mol. The highest BCUT2D eigenvalue weighted by molar-refractivity contribution is 6.39. The number of ether oxygens (including phenoxy) is 1. The summed E-state index contributed by atoms with van der Waals surface area (Å²) >= 11 is 12.1. The second-order valence-electron chi connectivity index (χ2n) is 5.08. The van der Waals surface area contributed by atoms with Crippen LogP contribution < -0.4 is 10.1 Å². The molecule has 3 rings (SSSR count). The Morgan fingerprint density at radius 2 is 1.90 bits per heavy atom. The highest BCUT2D eigenvalue weighted by Crippen LogP contribution is 2.35. The molecule has 2 nitrogen and oxygen atoms in total. The molecule has 1 atom stereocenters. The minimum absolute atomic E-state index is 0.00337. The lowest BCUT2D eigenvalue weighted by Gasteiger charge is -2.18. The first-order valence-corrected chi connectivity index (χ1v) is 7.47. The van der Waals surface area contributed by atoms with Gasteiger partial charge in [-0.3, -0.25) is 0 Å². The van der Waals surface area contributed by atoms with Crippen LogP contribution in [0.25, 0.3) is 0 Å². The molecule has 0 bridgehead atoms. The van der Waals surface area contributed by atoms with Gasteiger partial charge in [-0.15, -0.1) is 0 Å². The summed E-state index contributed by atoms with van der Waals surface area (Å²) in [5, 5.41) is 3.79. The Morgan fingerprint density at radius 1 is 1.19 bits per heavy atom. The smallest absolute Gasteiger partial charge is 0.126 e. The summed E-state index contributed by atoms with van der Waals surface area (Å²) in [7, 11) is 0. The van der Waals surface area contributed by atoms with Gasteiger partial charge in [-0.05, 0) is 42.3 Å². The van der Waals surface area contributed by atoms with Crippen LogP contribution >= 0.6 is 23.2 Å². The minimum Gasteiger partial charge on any atom is -0.493 e. The molecule has 1 aliphatic heterocycles. The molecule has 2 aromatic rings. The topological polar surface area (TPSA) is 21.3 Å². The van der Waals surface area contributed by atoms with Gasteiger partial charge in [-0.25, -0.2) is 4.39 Å². The Labute approximate surface area is 132 Å². The maximum atomic E-state index is 13.2. The van der Waals surface area contributed by atoms with Crippen LogP contribution in [-0.2, 0) is 6.42 Å². The highest BCUT2D eigenvalue weighted by atomic mass is 35.5. The van der Waals surface area contributed by atoms with E-state index < -0.39 is 5.82 Å². The molecule has 0 aromatic heterocycles. The van der Waals surface area contributed by atoms with E-state index >= 15 is 0 Å². The number of hydrogen-bond acceptors (Lipinski definition) is 2. The van der Waals surface area contributed by atoms with Gasteiger partial charge < -0.3 is 10.1 Å². The molecule has 1 unspecified atom stereocenters. The van der Waals surface area contributed by atoms with E-state index in [1.807, 2.05) is 19.1 Å². The Morgan fingerprint density at radius 3 is 2.62 bits per heavy atom. The molecule has 1 N–H and O–H groups in total. The first kappa shape index (κ1) is 14.5. The van der Waals surface area contributed by atoms with E-state index in [9.17, 15) is 4.39 Å². The number of hydrogen-bond donors (Lipinski definition) is 1. The number of rotatable bonds is 3. The monoisotopic (exact) mass is 325 g/mol. The Kier molecular flexibility index (Phi) is 3.96. The number of benzene rings is 2. The average Bonchev–Trinajstić information content (AvgIpc) is 2.89. The largest absolute Gasteiger partial charge is 0.493 e. The van der Waals surface area contributed by atoms with Crippen LogP contribution in [0.2, 0.25) is 10.0 Å². The summed E-state index contributed by atoms with van der Waals surface area (Å²) in [6.07, 6.45) is 0.925. The average molecular weight is 326 g/mol. The van der Waals surface area contributed by atoms with E-state index in [4.69, 9.17) is 27.9 Å². The zero-order valence-corrected chi connectivity index (χ0v) is 12.9. The molecule has 0 fully saturated rings. The van der Waals surface area contributed by atoms with Crippen molar-refractivity contribution < 1.29 is 9.13 Å². The van der Waals surface area contributed by atoms with E-state index in [0.29, 0.717) is 5.69 Å². The van der Waals surface area contributed by atoms with Crippen molar-refractivity contribution in [3.8, 4) is 5.75 Å². The zero-order valence-electron chi connectivity index (χ0n) is 11.4. The van der Waals surface area contributed by atoms with Crippen LogP contribution in [0, 0.1) is 5.82 Å². The maximum Gasteiger partial charge on any atom is 0.126 e. The lowest BCUT2D eigenvalue weighted by molar-refractivity contribution is 0.357. The van der Waals surface area contributed by atoms with E-state index in [1.54, 1.807) is 0 Å². The predicted octanol–water partition coefficient (Wildman–Crippen LogP) is 5.24. The maximum absolute atomic E-state index is 13.2. The molecule has 21 heavy (non-hydrogen) atoms. The van der Waals surface area contributed by atoms with Gasteiger partial charge in [0.25, 0.3) is 0 Å². The fraction of sp³-hybridized carbons (Fsp3) is 0.250. The summed E-state index contributed by atoms with van der Waals surface area (Å²) in [6, 6.07) is 8.59. The van der Waals surface area contributed by atoms with Gasteiger partial charge in [0.15, 0.2) is 0 Å². The molecule has 1 heterocycles. The van der Waals surface area contributed by atoms with Gasteiger partial charge >= 0.3 is 0 Å². The van der Waals surface area contributed by atoms with Crippen LogP contribution in [0.1, 0.15) is 24.1 Å². The molecule has 0 aliphatic carbocycles. The van der Waals surface area contributed by atoms with Crippen molar-refractivity contribution in [2.75, 3.05) is 11.9 Å². The van der Waals surface area contributed by atoms with Crippen molar-refractivity contribution in [2.24, 2.45) is 0 Å². The Balaban J connectivity index is 1.85. The lowest BCUT2D eigenvalue weighted by Crippen LogP contribution is -2.08. The second-order valence-corrected chi connectivity index (χ2v) is 5.89. The van der Waals surface area contributed by atoms with E-state index in [2.05, 4.69) is 11.4 Å². The molecule has 1 aliphatic rings. The lowest BCUT2D eigenvalue weighted by atomic mass is 10.0. The minimum atomic E-state index is -0.446. The number of nitrogens with one attached hydrogen (secondary N) is 1. The molecule has 0 amide bonds. The van der Waals surface area contributed by atoms with Crippen molar-refractivity contribution in [3.05, 3.63) is 57.3 Å². The van der Waals surface area contributed by atoms with Crippen molar-refractivity contribution in [1.82, 2.24) is 0 Å². The second kappa shape index (κ2) is 5.74. The quantitative estimate of drug-likeness (QED) is 0.833. The van der Waals surface area contributed by atoms with Crippen LogP contribution in [0.4, 0.5) is 10.1 Å². The highest BCUT2D eigenvalue weighted by Gasteiger charge is 2.16. The van der Waals surface area contributed by atoms with Crippen LogP contribution in [0.15, 0.2) is 30.3 Å². The third-order valence-corrected chi connectivity index (χ3v) is 4.18. The standard InChI is InChI=1S/C16H14Cl2FNO/c1-9(10-2-3-15-11(6-10)4-5-21-15)20-16-13(17)7-12(19)8-14(16)18/h2-3,6-9,20H,4-5H2,1H3. The molecule has 110 valence electrons. The third-order valence-electron chi connectivity index (χ3n) is 3.58. The number of fused-ring (bicyclic) bond motifs is 1. The van der Waals surface area contributed by atoms with Crippen molar-refractivity contribution in [2.45, 2.75) is 19.4 Å². The van der Waals surface area contributed by atoms with Crippen molar-refractivity contribution in [1.29, 1.82) is 0 Å². The fourth-order valence-electron chi connectivity index (χ4n) is 2.46. The first-order valence-electron chi connectivity index (χ1n) is 6.71. The van der Waals surface area contributed by atoms with Gasteiger partial charge in [0.2, 0.25) is 0 Å². The van der Waals surface area contributed by atoms with Gasteiger partial charge in [-0.2, -0.15) is 0 Å². The molecule has 2 aromatic carbocycles. The van der Waals surface area contributed by atoms with E-state index in [1.165, 1.54) is 17.7 Å². The number of anilines is 1. The van der Waals surface area contributed by atoms with Crippen molar-refractivity contribution >= 4 is 28.9 Å². The Bertz CT molecular complexity index is 667. The van der Waals surface area contributed by atoms with Crippen LogP contribution in [0.3, 0.4) is 0 Å². The molecule has 5 heteroatoms.